The van der Waals surface area contributed by atoms with Gasteiger partial charge in [-0.25, -0.2) is 9.97 Å². The van der Waals surface area contributed by atoms with E-state index in [1.54, 1.807) is 0 Å². The Labute approximate surface area is 315 Å². The summed E-state index contributed by atoms with van der Waals surface area (Å²) in [7, 11) is 0. The van der Waals surface area contributed by atoms with Crippen molar-refractivity contribution in [1.82, 2.24) is 19.1 Å². The monoisotopic (exact) mass is 702 g/mol. The zero-order valence-corrected chi connectivity index (χ0v) is 29.5. The summed E-state index contributed by atoms with van der Waals surface area (Å²) < 4.78 is 11.0. The smallest absolute Gasteiger partial charge is 0.246 e. The van der Waals surface area contributed by atoms with Gasteiger partial charge in [0.15, 0.2) is 0 Å². The molecule has 0 aliphatic carbocycles. The van der Waals surface area contributed by atoms with Crippen molar-refractivity contribution in [2.75, 3.05) is 0 Å². The third-order valence-corrected chi connectivity index (χ3v) is 11.1. The van der Waals surface area contributed by atoms with Crippen LogP contribution in [-0.4, -0.2) is 19.1 Å². The molecule has 4 heterocycles. The first-order valence-corrected chi connectivity index (χ1v) is 18.6. The maximum absolute atomic E-state index is 6.27. The lowest BCUT2D eigenvalue weighted by atomic mass is 10.0. The highest BCUT2D eigenvalue weighted by atomic mass is 16.3. The molecule has 8 aromatic carbocycles. The Bertz CT molecular complexity index is 3500. The first kappa shape index (κ1) is 30.0. The van der Waals surface area contributed by atoms with Gasteiger partial charge in [-0.05, 0) is 94.7 Å². The molecule has 0 bridgehead atoms. The van der Waals surface area contributed by atoms with Crippen molar-refractivity contribution in [3.63, 3.8) is 0 Å². The van der Waals surface area contributed by atoms with Gasteiger partial charge in [-0.3, -0.25) is 0 Å². The Hall–Kier alpha value is -7.50. The van der Waals surface area contributed by atoms with Crippen LogP contribution in [0.3, 0.4) is 0 Å². The van der Waals surface area contributed by atoms with Crippen LogP contribution in [0.1, 0.15) is 0 Å². The number of furan rings is 1. The first-order chi connectivity index (χ1) is 27.2. The highest BCUT2D eigenvalue weighted by Gasteiger charge is 2.17. The summed E-state index contributed by atoms with van der Waals surface area (Å²) in [5, 5.41) is 8.18. The molecule has 0 amide bonds. The number of benzene rings is 8. The van der Waals surface area contributed by atoms with Gasteiger partial charge in [-0.15, -0.1) is 0 Å². The Morgan fingerprint density at radius 1 is 0.400 bits per heavy atom. The van der Waals surface area contributed by atoms with E-state index < -0.39 is 0 Å². The Morgan fingerprint density at radius 2 is 0.982 bits per heavy atom. The zero-order chi connectivity index (χ0) is 36.0. The quantitative estimate of drug-likeness (QED) is 0.183. The van der Waals surface area contributed by atoms with Gasteiger partial charge in [0.1, 0.15) is 11.1 Å². The van der Waals surface area contributed by atoms with Crippen molar-refractivity contribution >= 4 is 76.6 Å². The minimum Gasteiger partial charge on any atom is -0.436 e. The number of para-hydroxylation sites is 3. The molecular weight excluding hydrogens is 673 g/mol. The van der Waals surface area contributed by atoms with E-state index in [1.165, 1.54) is 43.7 Å². The average molecular weight is 703 g/mol. The fourth-order valence-corrected chi connectivity index (χ4v) is 8.60. The summed E-state index contributed by atoms with van der Waals surface area (Å²) in [4.78, 5) is 9.86. The molecule has 55 heavy (non-hydrogen) atoms. The molecule has 0 aliphatic heterocycles. The summed E-state index contributed by atoms with van der Waals surface area (Å²) in [6.45, 7) is 0. The third-order valence-electron chi connectivity index (χ3n) is 11.1. The lowest BCUT2D eigenvalue weighted by molar-refractivity contribution is 0.654. The minimum absolute atomic E-state index is 0.542. The van der Waals surface area contributed by atoms with E-state index in [-0.39, 0.29) is 0 Å². The van der Waals surface area contributed by atoms with Crippen LogP contribution >= 0.6 is 0 Å². The molecule has 4 aromatic heterocycles. The van der Waals surface area contributed by atoms with Gasteiger partial charge in [-0.2, -0.15) is 0 Å². The Kier molecular flexibility index (Phi) is 6.27. The van der Waals surface area contributed by atoms with Crippen LogP contribution in [0.4, 0.5) is 0 Å². The Balaban J connectivity index is 0.977. The molecule has 0 saturated carbocycles. The van der Waals surface area contributed by atoms with Crippen molar-refractivity contribution in [2.45, 2.75) is 0 Å². The summed E-state index contributed by atoms with van der Waals surface area (Å²) >= 11 is 0. The normalized spacial score (nSPS) is 12.0. The second-order valence-corrected chi connectivity index (χ2v) is 14.3. The molecule has 0 fully saturated rings. The molecule has 0 aliphatic rings. The maximum Gasteiger partial charge on any atom is 0.246 e. The number of hydrogen-bond donors (Lipinski definition) is 0. The molecule has 0 radical (unpaired) electrons. The maximum atomic E-state index is 6.27. The number of rotatable bonds is 4. The second kappa shape index (κ2) is 11.5. The fourth-order valence-electron chi connectivity index (χ4n) is 8.60. The van der Waals surface area contributed by atoms with Gasteiger partial charge < -0.3 is 13.6 Å². The predicted octanol–water partition coefficient (Wildman–Crippen LogP) is 13.1. The zero-order valence-electron chi connectivity index (χ0n) is 29.5. The van der Waals surface area contributed by atoms with Crippen molar-refractivity contribution in [2.24, 2.45) is 0 Å². The lowest BCUT2D eigenvalue weighted by Crippen LogP contribution is -1.95. The van der Waals surface area contributed by atoms with Crippen LogP contribution < -0.4 is 0 Å². The molecule has 0 saturated heterocycles. The summed E-state index contributed by atoms with van der Waals surface area (Å²) in [6, 6.07) is 62.8. The van der Waals surface area contributed by atoms with Crippen molar-refractivity contribution in [3.8, 4) is 33.8 Å². The van der Waals surface area contributed by atoms with Gasteiger partial charge in [0, 0.05) is 43.9 Å². The fraction of sp³-hybridized carbons (Fsp3) is 0. The molecule has 0 atom stereocenters. The van der Waals surface area contributed by atoms with Crippen molar-refractivity contribution in [3.05, 3.63) is 182 Å². The highest BCUT2D eigenvalue weighted by Crippen LogP contribution is 2.39. The molecule has 5 heteroatoms. The van der Waals surface area contributed by atoms with Gasteiger partial charge in [0.25, 0.3) is 0 Å². The van der Waals surface area contributed by atoms with E-state index in [1.807, 2.05) is 12.3 Å². The van der Waals surface area contributed by atoms with Gasteiger partial charge in [0.05, 0.1) is 34.0 Å². The van der Waals surface area contributed by atoms with Gasteiger partial charge in [0.2, 0.25) is 5.71 Å². The van der Waals surface area contributed by atoms with E-state index in [0.717, 1.165) is 60.9 Å². The number of hydrogen-bond acceptors (Lipinski definition) is 3. The predicted molar refractivity (Wildman–Crippen MR) is 226 cm³/mol. The minimum atomic E-state index is 0.542. The molecular formula is C50H30N4O. The second-order valence-electron chi connectivity index (χ2n) is 14.3. The third kappa shape index (κ3) is 4.53. The lowest BCUT2D eigenvalue weighted by Gasteiger charge is -2.10. The van der Waals surface area contributed by atoms with Crippen LogP contribution in [0.15, 0.2) is 187 Å². The van der Waals surface area contributed by atoms with Gasteiger partial charge in [-0.1, -0.05) is 103 Å². The van der Waals surface area contributed by atoms with Crippen molar-refractivity contribution < 1.29 is 4.42 Å². The van der Waals surface area contributed by atoms with Crippen LogP contribution in [0.5, 0.6) is 0 Å². The molecule has 0 spiro atoms. The largest absolute Gasteiger partial charge is 0.436 e. The van der Waals surface area contributed by atoms with Crippen LogP contribution in [0, 0.1) is 0 Å². The summed E-state index contributed by atoms with van der Waals surface area (Å²) in [5.41, 5.74) is 13.2. The van der Waals surface area contributed by atoms with Crippen molar-refractivity contribution in [1.29, 1.82) is 0 Å². The number of fused-ring (bicyclic) bond motifs is 10. The van der Waals surface area contributed by atoms with E-state index in [0.29, 0.717) is 5.71 Å². The Morgan fingerprint density at radius 3 is 1.69 bits per heavy atom. The van der Waals surface area contributed by atoms with E-state index in [2.05, 4.69) is 179 Å². The summed E-state index contributed by atoms with van der Waals surface area (Å²) in [6.07, 6.45) is 1.86. The van der Waals surface area contributed by atoms with Crippen LogP contribution in [-0.2, 0) is 0 Å². The molecule has 5 nitrogen and oxygen atoms in total. The number of aromatic nitrogens is 4. The molecule has 256 valence electrons. The van der Waals surface area contributed by atoms with E-state index >= 15 is 0 Å². The highest BCUT2D eigenvalue weighted by molar-refractivity contribution is 6.13. The number of nitrogens with zero attached hydrogens (tertiary/aromatic N) is 4. The summed E-state index contributed by atoms with van der Waals surface area (Å²) in [5.74, 6) is 0. The molecule has 0 unspecified atom stereocenters. The van der Waals surface area contributed by atoms with Crippen LogP contribution in [0.25, 0.3) is 110 Å². The topological polar surface area (TPSA) is 48.8 Å². The van der Waals surface area contributed by atoms with Crippen LogP contribution in [0.2, 0.25) is 0 Å². The standard InChI is InChI=1S/C50H30N4O/c1-2-14-36(15-3-1)53-44-19-8-6-17-38(44)40-26-33(21-23-46(40)53)34-22-24-47-41(27-34)39-18-7-9-20-45(39)54(47)37-16-10-13-35(25-37)43-30-51-49-42-28-31-11-4-5-12-32(31)29-48(42)55-50(49)52-43/h1-30H. The van der Waals surface area contributed by atoms with Gasteiger partial charge >= 0.3 is 0 Å². The SMILES string of the molecule is c1ccc(-n2c3ccccc3c3cc(-c4ccc5c(c4)c4ccccc4n5-c4cccc(-c5cnc6c(n5)oc5cc7ccccc7cc56)c4)ccc32)cc1. The van der Waals surface area contributed by atoms with E-state index in [4.69, 9.17) is 14.4 Å². The first-order valence-electron chi connectivity index (χ1n) is 18.6. The van der Waals surface area contributed by atoms with E-state index in [9.17, 15) is 0 Å². The molecule has 12 aromatic rings. The molecule has 0 N–H and O–H groups in total. The molecule has 12 rings (SSSR count). The average Bonchev–Trinajstić information content (AvgIpc) is 3.89.